The number of benzene rings is 1. The number of aromatic nitrogens is 3. The molecule has 0 saturated carbocycles. The lowest BCUT2D eigenvalue weighted by atomic mass is 10.1. The Labute approximate surface area is 182 Å². The van der Waals surface area contributed by atoms with Gasteiger partial charge in [0.25, 0.3) is 5.56 Å². The average Bonchev–Trinajstić information content (AvgIpc) is 3.25. The molecule has 0 atom stereocenters. The van der Waals surface area contributed by atoms with Crippen molar-refractivity contribution in [3.63, 3.8) is 0 Å². The maximum absolute atomic E-state index is 13.3. The average molecular weight is 423 g/mol. The van der Waals surface area contributed by atoms with Crippen LogP contribution >= 0.6 is 0 Å². The molecule has 2 aromatic heterocycles. The Morgan fingerprint density at radius 1 is 1.16 bits per heavy atom. The SMILES string of the molecule is CCn1c(C)c(CCC(=O)N2CCCCC2)c(=O)n2nc(-c3ccccc3OC)cc12. The summed E-state index contributed by atoms with van der Waals surface area (Å²) >= 11 is 0. The van der Waals surface area contributed by atoms with Gasteiger partial charge in [0.1, 0.15) is 11.4 Å². The van der Waals surface area contributed by atoms with E-state index in [0.29, 0.717) is 36.4 Å². The Kier molecular flexibility index (Phi) is 6.11. The van der Waals surface area contributed by atoms with Crippen molar-refractivity contribution in [3.05, 3.63) is 51.9 Å². The first-order chi connectivity index (χ1) is 15.0. The normalized spacial score (nSPS) is 14.2. The predicted octanol–water partition coefficient (Wildman–Crippen LogP) is 3.45. The lowest BCUT2D eigenvalue weighted by Crippen LogP contribution is -2.36. The number of carbonyl (C=O) groups is 1. The van der Waals surface area contributed by atoms with Crippen LogP contribution < -0.4 is 10.3 Å². The number of carbonyl (C=O) groups excluding carboxylic acids is 1. The fourth-order valence-electron chi connectivity index (χ4n) is 4.54. The van der Waals surface area contributed by atoms with E-state index in [9.17, 15) is 9.59 Å². The van der Waals surface area contributed by atoms with Crippen molar-refractivity contribution in [2.24, 2.45) is 0 Å². The topological polar surface area (TPSA) is 68.8 Å². The van der Waals surface area contributed by atoms with Crippen molar-refractivity contribution < 1.29 is 9.53 Å². The molecule has 7 heteroatoms. The predicted molar refractivity (Wildman–Crippen MR) is 121 cm³/mol. The van der Waals surface area contributed by atoms with Crippen LogP contribution in [0.15, 0.2) is 35.1 Å². The number of ether oxygens (including phenoxy) is 1. The Morgan fingerprint density at radius 2 is 1.90 bits per heavy atom. The second-order valence-corrected chi connectivity index (χ2v) is 8.05. The molecule has 1 aliphatic heterocycles. The zero-order valence-corrected chi connectivity index (χ0v) is 18.6. The second-order valence-electron chi connectivity index (χ2n) is 8.05. The van der Waals surface area contributed by atoms with Gasteiger partial charge in [-0.1, -0.05) is 12.1 Å². The minimum Gasteiger partial charge on any atom is -0.496 e. The zero-order valence-electron chi connectivity index (χ0n) is 18.6. The lowest BCUT2D eigenvalue weighted by Gasteiger charge is -2.26. The Hall–Kier alpha value is -3.09. The molecule has 1 aliphatic rings. The van der Waals surface area contributed by atoms with Gasteiger partial charge in [0, 0.05) is 48.9 Å². The molecular formula is C24H30N4O3. The molecule has 0 radical (unpaired) electrons. The number of hydrogen-bond acceptors (Lipinski definition) is 4. The van der Waals surface area contributed by atoms with Gasteiger partial charge in [-0.3, -0.25) is 9.59 Å². The van der Waals surface area contributed by atoms with Crippen LogP contribution in [0, 0.1) is 6.92 Å². The highest BCUT2D eigenvalue weighted by Crippen LogP contribution is 2.29. The quantitative estimate of drug-likeness (QED) is 0.610. The summed E-state index contributed by atoms with van der Waals surface area (Å²) in [5.41, 5.74) is 3.70. The number of fused-ring (bicyclic) bond motifs is 1. The van der Waals surface area contributed by atoms with Crippen LogP contribution in [0.25, 0.3) is 16.9 Å². The van der Waals surface area contributed by atoms with Gasteiger partial charge >= 0.3 is 0 Å². The van der Waals surface area contributed by atoms with Gasteiger partial charge in [0.2, 0.25) is 5.91 Å². The van der Waals surface area contributed by atoms with E-state index in [4.69, 9.17) is 4.74 Å². The highest BCUT2D eigenvalue weighted by molar-refractivity contribution is 5.76. The Balaban J connectivity index is 1.72. The number of nitrogens with zero attached hydrogens (tertiary/aromatic N) is 4. The Bertz CT molecular complexity index is 1160. The van der Waals surface area contributed by atoms with E-state index in [-0.39, 0.29) is 11.5 Å². The minimum atomic E-state index is -0.148. The lowest BCUT2D eigenvalue weighted by molar-refractivity contribution is -0.132. The molecule has 0 bridgehead atoms. The molecule has 164 valence electrons. The fraction of sp³-hybridized carbons (Fsp3) is 0.458. The maximum atomic E-state index is 13.3. The van der Waals surface area contributed by atoms with Gasteiger partial charge < -0.3 is 14.2 Å². The van der Waals surface area contributed by atoms with E-state index in [1.54, 1.807) is 7.11 Å². The van der Waals surface area contributed by atoms with Gasteiger partial charge in [-0.05, 0) is 51.7 Å². The third kappa shape index (κ3) is 3.96. The number of piperidine rings is 1. The third-order valence-corrected chi connectivity index (χ3v) is 6.26. The van der Waals surface area contributed by atoms with E-state index in [2.05, 4.69) is 16.6 Å². The largest absolute Gasteiger partial charge is 0.496 e. The summed E-state index contributed by atoms with van der Waals surface area (Å²) < 4.78 is 9.04. The molecule has 1 fully saturated rings. The van der Waals surface area contributed by atoms with Crippen LogP contribution in [-0.4, -0.2) is 45.2 Å². The molecule has 1 aromatic carbocycles. The number of amides is 1. The van der Waals surface area contributed by atoms with Crippen LogP contribution in [0.2, 0.25) is 0 Å². The summed E-state index contributed by atoms with van der Waals surface area (Å²) in [7, 11) is 1.63. The molecule has 0 unspecified atom stereocenters. The van der Waals surface area contributed by atoms with Crippen molar-refractivity contribution in [2.75, 3.05) is 20.2 Å². The number of hydrogen-bond donors (Lipinski definition) is 0. The van der Waals surface area contributed by atoms with Crippen LogP contribution in [0.1, 0.15) is 43.9 Å². The van der Waals surface area contributed by atoms with Crippen molar-refractivity contribution in [2.45, 2.75) is 52.5 Å². The summed E-state index contributed by atoms with van der Waals surface area (Å²) in [6.45, 7) is 6.38. The third-order valence-electron chi connectivity index (χ3n) is 6.26. The highest BCUT2D eigenvalue weighted by atomic mass is 16.5. The minimum absolute atomic E-state index is 0.136. The van der Waals surface area contributed by atoms with E-state index in [1.807, 2.05) is 42.2 Å². The molecular weight excluding hydrogens is 392 g/mol. The molecule has 0 spiro atoms. The molecule has 31 heavy (non-hydrogen) atoms. The van der Waals surface area contributed by atoms with Crippen LogP contribution in [-0.2, 0) is 17.8 Å². The number of rotatable bonds is 6. The molecule has 1 amide bonds. The van der Waals surface area contributed by atoms with E-state index < -0.39 is 0 Å². The standard InChI is InChI=1S/C24H30N4O3/c1-4-27-17(2)18(12-13-23(29)26-14-8-5-9-15-26)24(30)28-22(27)16-20(25-28)19-10-6-7-11-21(19)31-3/h6-7,10-11,16H,4-5,8-9,12-15H2,1-3H3. The molecule has 7 nitrogen and oxygen atoms in total. The Morgan fingerprint density at radius 3 is 2.61 bits per heavy atom. The van der Waals surface area contributed by atoms with Crippen LogP contribution in [0.4, 0.5) is 0 Å². The van der Waals surface area contributed by atoms with Crippen molar-refractivity contribution in [3.8, 4) is 17.0 Å². The van der Waals surface area contributed by atoms with Gasteiger partial charge in [-0.25, -0.2) is 0 Å². The van der Waals surface area contributed by atoms with Gasteiger partial charge in [0.15, 0.2) is 0 Å². The number of methoxy groups -OCH3 is 1. The van der Waals surface area contributed by atoms with Crippen LogP contribution in [0.5, 0.6) is 5.75 Å². The second kappa shape index (κ2) is 8.96. The summed E-state index contributed by atoms with van der Waals surface area (Å²) in [5.74, 6) is 0.849. The number of likely N-dealkylation sites (tertiary alicyclic amines) is 1. The zero-order chi connectivity index (χ0) is 22.0. The summed E-state index contributed by atoms with van der Waals surface area (Å²) in [6, 6.07) is 9.58. The molecule has 1 saturated heterocycles. The van der Waals surface area contributed by atoms with Gasteiger partial charge in [-0.15, -0.1) is 0 Å². The number of aryl methyl sites for hydroxylation is 1. The first kappa shape index (κ1) is 21.2. The number of para-hydroxylation sites is 1. The summed E-state index contributed by atoms with van der Waals surface area (Å²) in [4.78, 5) is 27.9. The smallest absolute Gasteiger partial charge is 0.277 e. The summed E-state index contributed by atoms with van der Waals surface area (Å²) in [5, 5.41) is 4.63. The molecule has 3 heterocycles. The maximum Gasteiger partial charge on any atom is 0.277 e. The van der Waals surface area contributed by atoms with E-state index in [1.165, 1.54) is 10.9 Å². The molecule has 4 rings (SSSR count). The van der Waals surface area contributed by atoms with E-state index >= 15 is 0 Å². The molecule has 0 N–H and O–H groups in total. The van der Waals surface area contributed by atoms with Crippen molar-refractivity contribution in [1.29, 1.82) is 0 Å². The van der Waals surface area contributed by atoms with Crippen LogP contribution in [0.3, 0.4) is 0 Å². The molecule has 3 aromatic rings. The summed E-state index contributed by atoms with van der Waals surface area (Å²) in [6.07, 6.45) is 4.11. The highest BCUT2D eigenvalue weighted by Gasteiger charge is 2.21. The van der Waals surface area contributed by atoms with Crippen molar-refractivity contribution in [1.82, 2.24) is 19.1 Å². The van der Waals surface area contributed by atoms with E-state index in [0.717, 1.165) is 42.8 Å². The monoisotopic (exact) mass is 422 g/mol. The van der Waals surface area contributed by atoms with Gasteiger partial charge in [-0.2, -0.15) is 9.61 Å². The van der Waals surface area contributed by atoms with Gasteiger partial charge in [0.05, 0.1) is 12.8 Å². The molecule has 0 aliphatic carbocycles. The fourth-order valence-corrected chi connectivity index (χ4v) is 4.54. The first-order valence-electron chi connectivity index (χ1n) is 11.1. The van der Waals surface area contributed by atoms with Crippen molar-refractivity contribution >= 4 is 11.6 Å². The first-order valence-corrected chi connectivity index (χ1v) is 11.1.